The van der Waals surface area contributed by atoms with Crippen LogP contribution in [0.1, 0.15) is 11.8 Å². The van der Waals surface area contributed by atoms with Gasteiger partial charge in [-0.3, -0.25) is 0 Å². The van der Waals surface area contributed by atoms with Crippen LogP contribution in [0.3, 0.4) is 0 Å². The van der Waals surface area contributed by atoms with Crippen molar-refractivity contribution in [1.29, 1.82) is 0 Å². The number of aromatic nitrogens is 3. The third-order valence-electron chi connectivity index (χ3n) is 2.12. The van der Waals surface area contributed by atoms with E-state index in [1.165, 1.54) is 4.68 Å². The van der Waals surface area contributed by atoms with E-state index in [0.717, 1.165) is 6.20 Å². The molecule has 0 aliphatic carbocycles. The molecule has 0 amide bonds. The molecule has 90 valence electrons. The first-order valence-electron chi connectivity index (χ1n) is 4.71. The average Bonchev–Trinajstić information content (AvgIpc) is 2.77. The number of halogens is 3. The molecular formula is C10H8F3N3O. The Labute approximate surface area is 94.3 Å². The number of aliphatic hydroxyl groups excluding tert-OH is 1. The predicted octanol–water partition coefficient (Wildman–Crippen LogP) is 1.86. The Hall–Kier alpha value is -1.89. The number of hydrogen-bond donors (Lipinski definition) is 1. The summed E-state index contributed by atoms with van der Waals surface area (Å²) >= 11 is 0. The number of hydrogen-bond acceptors (Lipinski definition) is 3. The van der Waals surface area contributed by atoms with Crippen LogP contribution in [0, 0.1) is 0 Å². The van der Waals surface area contributed by atoms with Crippen LogP contribution in [-0.2, 0) is 0 Å². The third kappa shape index (κ3) is 2.44. The van der Waals surface area contributed by atoms with E-state index in [-0.39, 0.29) is 0 Å². The Kier molecular flexibility index (Phi) is 2.84. The zero-order valence-corrected chi connectivity index (χ0v) is 8.46. The zero-order chi connectivity index (χ0) is 12.5. The quantitative estimate of drug-likeness (QED) is 0.875. The highest BCUT2D eigenvalue weighted by Gasteiger charge is 2.41. The van der Waals surface area contributed by atoms with Gasteiger partial charge >= 0.3 is 6.18 Å². The third-order valence-corrected chi connectivity index (χ3v) is 2.12. The van der Waals surface area contributed by atoms with E-state index in [9.17, 15) is 13.2 Å². The molecule has 0 radical (unpaired) electrons. The Morgan fingerprint density at radius 1 is 1.18 bits per heavy atom. The van der Waals surface area contributed by atoms with Crippen LogP contribution in [0.15, 0.2) is 36.5 Å². The lowest BCUT2D eigenvalue weighted by atomic mass is 10.2. The number of rotatable bonds is 2. The largest absolute Gasteiger partial charge is 0.420 e. The molecule has 17 heavy (non-hydrogen) atoms. The van der Waals surface area contributed by atoms with Gasteiger partial charge in [-0.15, -0.1) is 5.10 Å². The minimum absolute atomic E-state index is 0.527. The van der Waals surface area contributed by atoms with E-state index >= 15 is 0 Å². The molecule has 1 N–H and O–H groups in total. The molecule has 1 aromatic heterocycles. The fourth-order valence-corrected chi connectivity index (χ4v) is 1.28. The van der Waals surface area contributed by atoms with Crippen LogP contribution in [0.4, 0.5) is 13.2 Å². The first-order chi connectivity index (χ1) is 7.98. The summed E-state index contributed by atoms with van der Waals surface area (Å²) in [5.41, 5.74) is 0.0435. The number of nitrogens with zero attached hydrogens (tertiary/aromatic N) is 3. The van der Waals surface area contributed by atoms with Gasteiger partial charge in [0.15, 0.2) is 6.10 Å². The van der Waals surface area contributed by atoms with E-state index in [1.54, 1.807) is 30.3 Å². The molecule has 0 bridgehead atoms. The van der Waals surface area contributed by atoms with Crippen molar-refractivity contribution in [3.63, 3.8) is 0 Å². The van der Waals surface area contributed by atoms with E-state index < -0.39 is 18.0 Å². The number of aliphatic hydroxyl groups is 1. The molecule has 2 rings (SSSR count). The summed E-state index contributed by atoms with van der Waals surface area (Å²) in [5.74, 6) is 0. The summed E-state index contributed by atoms with van der Waals surface area (Å²) in [6, 6.07) is 8.54. The van der Waals surface area contributed by atoms with Crippen LogP contribution in [0.2, 0.25) is 0 Å². The van der Waals surface area contributed by atoms with E-state index in [1.807, 2.05) is 0 Å². The van der Waals surface area contributed by atoms with Gasteiger partial charge in [-0.25, -0.2) is 4.68 Å². The average molecular weight is 243 g/mol. The van der Waals surface area contributed by atoms with Gasteiger partial charge in [-0.1, -0.05) is 23.4 Å². The molecule has 0 fully saturated rings. The van der Waals surface area contributed by atoms with Crippen molar-refractivity contribution in [3.05, 3.63) is 42.2 Å². The summed E-state index contributed by atoms with van der Waals surface area (Å²) in [5, 5.41) is 15.8. The monoisotopic (exact) mass is 243 g/mol. The first kappa shape index (κ1) is 11.6. The molecule has 0 saturated heterocycles. The van der Waals surface area contributed by atoms with Gasteiger partial charge in [0.25, 0.3) is 0 Å². The van der Waals surface area contributed by atoms with Gasteiger partial charge in [0, 0.05) is 0 Å². The maximum absolute atomic E-state index is 12.2. The lowest BCUT2D eigenvalue weighted by molar-refractivity contribution is -0.208. The van der Waals surface area contributed by atoms with Crippen molar-refractivity contribution in [2.75, 3.05) is 0 Å². The highest BCUT2D eigenvalue weighted by atomic mass is 19.4. The molecule has 7 heteroatoms. The van der Waals surface area contributed by atoms with Gasteiger partial charge in [-0.05, 0) is 12.1 Å². The highest BCUT2D eigenvalue weighted by molar-refractivity contribution is 5.30. The van der Waals surface area contributed by atoms with Gasteiger partial charge in [0.1, 0.15) is 5.69 Å². The number of alkyl halides is 3. The lowest BCUT2D eigenvalue weighted by Crippen LogP contribution is -2.20. The molecule has 1 atom stereocenters. The van der Waals surface area contributed by atoms with Gasteiger partial charge in [0.2, 0.25) is 0 Å². The van der Waals surface area contributed by atoms with Crippen molar-refractivity contribution in [2.45, 2.75) is 12.3 Å². The number of benzene rings is 1. The van der Waals surface area contributed by atoms with E-state index in [0.29, 0.717) is 5.69 Å². The van der Waals surface area contributed by atoms with Crippen LogP contribution in [-0.4, -0.2) is 26.3 Å². The van der Waals surface area contributed by atoms with Crippen molar-refractivity contribution >= 4 is 0 Å². The molecular weight excluding hydrogens is 235 g/mol. The minimum atomic E-state index is -4.74. The smallest absolute Gasteiger partial charge is 0.378 e. The van der Waals surface area contributed by atoms with Gasteiger partial charge < -0.3 is 5.11 Å². The Balaban J connectivity index is 2.28. The molecule has 0 aliphatic heterocycles. The Bertz CT molecular complexity index is 495. The second-order valence-electron chi connectivity index (χ2n) is 3.37. The number of para-hydroxylation sites is 1. The van der Waals surface area contributed by atoms with Crippen LogP contribution in [0.25, 0.3) is 5.69 Å². The second-order valence-corrected chi connectivity index (χ2v) is 3.37. The van der Waals surface area contributed by atoms with Crippen molar-refractivity contribution in [3.8, 4) is 5.69 Å². The van der Waals surface area contributed by atoms with Crippen LogP contribution < -0.4 is 0 Å². The Morgan fingerprint density at radius 3 is 2.41 bits per heavy atom. The molecule has 2 aromatic rings. The Morgan fingerprint density at radius 2 is 1.82 bits per heavy atom. The molecule has 1 unspecified atom stereocenters. The topological polar surface area (TPSA) is 50.9 Å². The summed E-state index contributed by atoms with van der Waals surface area (Å²) < 4.78 is 37.8. The molecule has 0 spiro atoms. The maximum Gasteiger partial charge on any atom is 0.420 e. The van der Waals surface area contributed by atoms with Crippen molar-refractivity contribution in [1.82, 2.24) is 15.0 Å². The molecule has 1 aromatic carbocycles. The van der Waals surface area contributed by atoms with Gasteiger partial charge in [0.05, 0.1) is 11.9 Å². The summed E-state index contributed by atoms with van der Waals surface area (Å²) in [6.45, 7) is 0. The normalized spacial score (nSPS) is 13.6. The first-order valence-corrected chi connectivity index (χ1v) is 4.71. The summed E-state index contributed by atoms with van der Waals surface area (Å²) in [6.07, 6.45) is -6.30. The predicted molar refractivity (Wildman–Crippen MR) is 52.4 cm³/mol. The fourth-order valence-electron chi connectivity index (χ4n) is 1.28. The lowest BCUT2D eigenvalue weighted by Gasteiger charge is -2.10. The van der Waals surface area contributed by atoms with Gasteiger partial charge in [-0.2, -0.15) is 13.2 Å². The molecule has 0 saturated carbocycles. The zero-order valence-electron chi connectivity index (χ0n) is 8.46. The highest BCUT2D eigenvalue weighted by Crippen LogP contribution is 2.31. The fraction of sp³-hybridized carbons (Fsp3) is 0.200. The van der Waals surface area contributed by atoms with E-state index in [4.69, 9.17) is 5.11 Å². The second kappa shape index (κ2) is 4.17. The maximum atomic E-state index is 12.2. The van der Waals surface area contributed by atoms with E-state index in [2.05, 4.69) is 10.3 Å². The van der Waals surface area contributed by atoms with Crippen molar-refractivity contribution in [2.24, 2.45) is 0 Å². The molecule has 4 nitrogen and oxygen atoms in total. The van der Waals surface area contributed by atoms with Crippen LogP contribution in [0.5, 0.6) is 0 Å². The van der Waals surface area contributed by atoms with Crippen molar-refractivity contribution < 1.29 is 18.3 Å². The molecule has 1 heterocycles. The van der Waals surface area contributed by atoms with Crippen LogP contribution >= 0.6 is 0 Å². The minimum Gasteiger partial charge on any atom is -0.378 e. The SMILES string of the molecule is OC(c1cn(-c2ccccc2)nn1)C(F)(F)F. The standard InChI is InChI=1S/C10H8F3N3O/c11-10(12,13)9(17)8-6-16(15-14-8)7-4-2-1-3-5-7/h1-6,9,17H. The molecule has 0 aliphatic rings. The summed E-state index contributed by atoms with van der Waals surface area (Å²) in [4.78, 5) is 0. The summed E-state index contributed by atoms with van der Waals surface area (Å²) in [7, 11) is 0.